The molecule has 1 fully saturated rings. The van der Waals surface area contributed by atoms with Gasteiger partial charge in [0, 0.05) is 31.1 Å². The second kappa shape index (κ2) is 10.1. The van der Waals surface area contributed by atoms with E-state index in [1.165, 1.54) is 0 Å². The van der Waals surface area contributed by atoms with Crippen molar-refractivity contribution < 1.29 is 9.53 Å². The Labute approximate surface area is 211 Å². The van der Waals surface area contributed by atoms with Crippen molar-refractivity contribution in [3.63, 3.8) is 0 Å². The number of nitrogens with zero attached hydrogens (tertiary/aromatic N) is 3. The quantitative estimate of drug-likeness (QED) is 0.260. The van der Waals surface area contributed by atoms with Crippen LogP contribution in [0.15, 0.2) is 66.7 Å². The van der Waals surface area contributed by atoms with E-state index < -0.39 is 0 Å². The Bertz CT molecular complexity index is 1340. The fraction of sp³-hybridized carbons (Fsp3) is 0.310. The van der Waals surface area contributed by atoms with Crippen LogP contribution in [-0.2, 0) is 11.3 Å². The summed E-state index contributed by atoms with van der Waals surface area (Å²) in [5.41, 5.74) is 5.40. The molecule has 2 heterocycles. The summed E-state index contributed by atoms with van der Waals surface area (Å²) < 4.78 is 8.17. The average molecular weight is 488 g/mol. The highest BCUT2D eigenvalue weighted by molar-refractivity contribution is 6.32. The molecule has 180 valence electrons. The molecule has 5 rings (SSSR count). The summed E-state index contributed by atoms with van der Waals surface area (Å²) in [6.07, 6.45) is 2.32. The van der Waals surface area contributed by atoms with Crippen LogP contribution < -0.4 is 9.64 Å². The molecular formula is C29H30ClN3O2. The first-order valence-corrected chi connectivity index (χ1v) is 12.6. The van der Waals surface area contributed by atoms with Crippen LogP contribution in [0.1, 0.15) is 42.1 Å². The Morgan fingerprint density at radius 2 is 1.71 bits per heavy atom. The van der Waals surface area contributed by atoms with Crippen LogP contribution in [0.25, 0.3) is 11.0 Å². The number of hydrogen-bond donors (Lipinski definition) is 0. The van der Waals surface area contributed by atoms with Crippen molar-refractivity contribution in [2.24, 2.45) is 0 Å². The number of aromatic nitrogens is 2. The lowest BCUT2D eigenvalue weighted by atomic mass is 10.1. The standard InChI is InChI=1S/C29H30ClN3O2/c1-20-10-9-11-21(2)28(20)33-19-22(18-27(33)34)29-31-24-13-4-5-14-25(24)32(29)16-7-8-17-35-26-15-6-3-12-23(26)30/h3-6,9-15,22H,7-8,16-19H2,1-2H3. The summed E-state index contributed by atoms with van der Waals surface area (Å²) in [5.74, 6) is 1.95. The van der Waals surface area contributed by atoms with Crippen LogP contribution in [0.3, 0.4) is 0 Å². The highest BCUT2D eigenvalue weighted by Gasteiger charge is 2.35. The molecular weight excluding hydrogens is 458 g/mol. The van der Waals surface area contributed by atoms with E-state index in [2.05, 4.69) is 42.7 Å². The molecule has 1 aliphatic heterocycles. The Morgan fingerprint density at radius 3 is 2.51 bits per heavy atom. The topological polar surface area (TPSA) is 47.4 Å². The fourth-order valence-corrected chi connectivity index (χ4v) is 5.28. The molecule has 5 nitrogen and oxygen atoms in total. The smallest absolute Gasteiger partial charge is 0.227 e. The normalized spacial score (nSPS) is 15.8. The van der Waals surface area contributed by atoms with Crippen molar-refractivity contribution in [3.05, 3.63) is 88.7 Å². The number of hydrogen-bond acceptors (Lipinski definition) is 3. The largest absolute Gasteiger partial charge is 0.492 e. The van der Waals surface area contributed by atoms with Gasteiger partial charge < -0.3 is 14.2 Å². The minimum absolute atomic E-state index is 0.0632. The van der Waals surface area contributed by atoms with Crippen molar-refractivity contribution in [2.75, 3.05) is 18.1 Å². The number of carbonyl (C=O) groups is 1. The predicted molar refractivity (Wildman–Crippen MR) is 142 cm³/mol. The number of amides is 1. The molecule has 4 aromatic rings. The number of halogens is 1. The van der Waals surface area contributed by atoms with Gasteiger partial charge in [-0.3, -0.25) is 4.79 Å². The van der Waals surface area contributed by atoms with Crippen LogP contribution in [0.4, 0.5) is 5.69 Å². The Morgan fingerprint density at radius 1 is 0.971 bits per heavy atom. The van der Waals surface area contributed by atoms with Crippen LogP contribution in [0.5, 0.6) is 5.75 Å². The number of aryl methyl sites for hydroxylation is 3. The van der Waals surface area contributed by atoms with E-state index in [0.29, 0.717) is 24.6 Å². The van der Waals surface area contributed by atoms with Gasteiger partial charge in [-0.05, 0) is 62.1 Å². The second-order valence-corrected chi connectivity index (χ2v) is 9.65. The molecule has 0 bridgehead atoms. The number of anilines is 1. The number of benzene rings is 3. The van der Waals surface area contributed by atoms with Crippen molar-refractivity contribution in [1.29, 1.82) is 0 Å². The number of imidazole rings is 1. The average Bonchev–Trinajstić information content (AvgIpc) is 3.40. The van der Waals surface area contributed by atoms with Gasteiger partial charge in [-0.15, -0.1) is 0 Å². The highest BCUT2D eigenvalue weighted by atomic mass is 35.5. The van der Waals surface area contributed by atoms with Crippen molar-refractivity contribution in [2.45, 2.75) is 45.6 Å². The Hall–Kier alpha value is -3.31. The summed E-state index contributed by atoms with van der Waals surface area (Å²) in [5, 5.41) is 0.634. The number of fused-ring (bicyclic) bond motifs is 1. The van der Waals surface area contributed by atoms with Gasteiger partial charge in [0.1, 0.15) is 11.6 Å². The molecule has 6 heteroatoms. The first kappa shape index (κ1) is 23.4. The fourth-order valence-electron chi connectivity index (χ4n) is 5.08. The lowest BCUT2D eigenvalue weighted by Crippen LogP contribution is -2.26. The molecule has 0 saturated carbocycles. The van der Waals surface area contributed by atoms with Crippen LogP contribution >= 0.6 is 11.6 Å². The number of para-hydroxylation sites is 4. The molecule has 1 aromatic heterocycles. The molecule has 0 aliphatic carbocycles. The van der Waals surface area contributed by atoms with Crippen molar-refractivity contribution in [3.8, 4) is 5.75 Å². The third-order valence-corrected chi connectivity index (χ3v) is 7.07. The summed E-state index contributed by atoms with van der Waals surface area (Å²) >= 11 is 6.20. The van der Waals surface area contributed by atoms with E-state index in [9.17, 15) is 4.79 Å². The summed E-state index contributed by atoms with van der Waals surface area (Å²) in [7, 11) is 0. The van der Waals surface area contributed by atoms with Gasteiger partial charge in [0.05, 0.1) is 22.7 Å². The van der Waals surface area contributed by atoms with Crippen LogP contribution in [0.2, 0.25) is 5.02 Å². The van der Waals surface area contributed by atoms with Gasteiger partial charge in [-0.25, -0.2) is 4.98 Å². The third kappa shape index (κ3) is 4.78. The monoisotopic (exact) mass is 487 g/mol. The molecule has 1 atom stereocenters. The Balaban J connectivity index is 1.32. The minimum atomic E-state index is 0.0632. The van der Waals surface area contributed by atoms with Crippen LogP contribution in [-0.4, -0.2) is 28.6 Å². The summed E-state index contributed by atoms with van der Waals surface area (Å²) in [6, 6.07) is 22.0. The van der Waals surface area contributed by atoms with E-state index in [-0.39, 0.29) is 11.8 Å². The molecule has 0 N–H and O–H groups in total. The number of rotatable bonds is 8. The van der Waals surface area contributed by atoms with E-state index >= 15 is 0 Å². The first-order valence-electron chi connectivity index (χ1n) is 12.2. The predicted octanol–water partition coefficient (Wildman–Crippen LogP) is 6.69. The van der Waals surface area contributed by atoms with Gasteiger partial charge in [0.15, 0.2) is 0 Å². The zero-order valence-electron chi connectivity index (χ0n) is 20.2. The Kier molecular flexibility index (Phi) is 6.78. The van der Waals surface area contributed by atoms with Crippen molar-refractivity contribution in [1.82, 2.24) is 9.55 Å². The van der Waals surface area contributed by atoms with Gasteiger partial charge in [-0.1, -0.05) is 54.1 Å². The minimum Gasteiger partial charge on any atom is -0.492 e. The molecule has 35 heavy (non-hydrogen) atoms. The number of unbranched alkanes of at least 4 members (excludes halogenated alkanes) is 1. The zero-order chi connectivity index (χ0) is 24.4. The molecule has 1 amide bonds. The van der Waals surface area contributed by atoms with Gasteiger partial charge in [-0.2, -0.15) is 0 Å². The third-order valence-electron chi connectivity index (χ3n) is 6.75. The van der Waals surface area contributed by atoms with Gasteiger partial charge >= 0.3 is 0 Å². The summed E-state index contributed by atoms with van der Waals surface area (Å²) in [6.45, 7) is 6.24. The SMILES string of the molecule is Cc1cccc(C)c1N1CC(c2nc3ccccc3n2CCCCOc2ccccc2Cl)CC1=O. The van der Waals surface area contributed by atoms with Gasteiger partial charge in [0.2, 0.25) is 5.91 Å². The molecule has 1 unspecified atom stereocenters. The molecule has 1 aliphatic rings. The zero-order valence-corrected chi connectivity index (χ0v) is 21.0. The lowest BCUT2D eigenvalue weighted by Gasteiger charge is -2.21. The maximum atomic E-state index is 13.1. The highest BCUT2D eigenvalue weighted by Crippen LogP contribution is 2.36. The van der Waals surface area contributed by atoms with E-state index in [1.807, 2.05) is 47.4 Å². The van der Waals surface area contributed by atoms with E-state index in [4.69, 9.17) is 21.3 Å². The van der Waals surface area contributed by atoms with E-state index in [0.717, 1.165) is 58.8 Å². The maximum Gasteiger partial charge on any atom is 0.227 e. The first-order chi connectivity index (χ1) is 17.0. The molecule has 3 aromatic carbocycles. The van der Waals surface area contributed by atoms with Gasteiger partial charge in [0.25, 0.3) is 0 Å². The maximum absolute atomic E-state index is 13.1. The second-order valence-electron chi connectivity index (χ2n) is 9.24. The van der Waals surface area contributed by atoms with Crippen molar-refractivity contribution >= 4 is 34.2 Å². The number of ether oxygens (including phenoxy) is 1. The van der Waals surface area contributed by atoms with Crippen LogP contribution in [0, 0.1) is 13.8 Å². The molecule has 0 spiro atoms. The molecule has 1 saturated heterocycles. The lowest BCUT2D eigenvalue weighted by molar-refractivity contribution is -0.117. The molecule has 0 radical (unpaired) electrons. The number of carbonyl (C=O) groups excluding carboxylic acids is 1. The summed E-state index contributed by atoms with van der Waals surface area (Å²) in [4.78, 5) is 20.1. The van der Waals surface area contributed by atoms with E-state index in [1.54, 1.807) is 0 Å².